The number of ether oxygens (including phenoxy) is 1. The molecular weight excluding hydrogens is 240 g/mol. The summed E-state index contributed by atoms with van der Waals surface area (Å²) in [5.74, 6) is 0. The first kappa shape index (κ1) is 12.5. The Labute approximate surface area is 102 Å². The van der Waals surface area contributed by atoms with Crippen molar-refractivity contribution in [2.75, 3.05) is 19.5 Å². The molecule has 1 unspecified atom stereocenters. The van der Waals surface area contributed by atoms with E-state index in [9.17, 15) is 8.42 Å². The molecule has 94 valence electrons. The Morgan fingerprint density at radius 1 is 1.41 bits per heavy atom. The van der Waals surface area contributed by atoms with Gasteiger partial charge in [-0.15, -0.1) is 0 Å². The van der Waals surface area contributed by atoms with E-state index in [1.807, 2.05) is 18.2 Å². The highest BCUT2D eigenvalue weighted by molar-refractivity contribution is 7.85. The monoisotopic (exact) mass is 256 g/mol. The third kappa shape index (κ3) is 3.52. The van der Waals surface area contributed by atoms with E-state index in [1.165, 1.54) is 5.56 Å². The molecule has 0 aromatic heterocycles. The maximum atomic E-state index is 10.9. The maximum Gasteiger partial charge on any atom is 0.264 e. The van der Waals surface area contributed by atoms with E-state index in [2.05, 4.69) is 6.07 Å². The Balaban J connectivity index is 1.99. The van der Waals surface area contributed by atoms with Crippen molar-refractivity contribution < 1.29 is 17.3 Å². The van der Waals surface area contributed by atoms with Gasteiger partial charge in [0.15, 0.2) is 0 Å². The Morgan fingerprint density at radius 3 is 2.94 bits per heavy atom. The van der Waals surface area contributed by atoms with Crippen molar-refractivity contribution in [2.45, 2.75) is 18.9 Å². The summed E-state index contributed by atoms with van der Waals surface area (Å²) in [7, 11) is -3.36. The van der Waals surface area contributed by atoms with Gasteiger partial charge in [-0.05, 0) is 17.5 Å². The highest BCUT2D eigenvalue weighted by Crippen LogP contribution is 2.29. The van der Waals surface area contributed by atoms with E-state index in [1.54, 1.807) is 0 Å². The molecule has 1 aliphatic rings. The van der Waals surface area contributed by atoms with Crippen molar-refractivity contribution in [3.63, 3.8) is 0 Å². The third-order valence-corrected chi connectivity index (χ3v) is 3.36. The molecule has 0 fully saturated rings. The van der Waals surface area contributed by atoms with E-state index in [0.29, 0.717) is 13.0 Å². The molecule has 5 heteroatoms. The van der Waals surface area contributed by atoms with Crippen LogP contribution in [0.25, 0.3) is 0 Å². The summed E-state index contributed by atoms with van der Waals surface area (Å²) in [4.78, 5) is 0. The van der Waals surface area contributed by atoms with Crippen LogP contribution in [0, 0.1) is 0 Å². The minimum absolute atomic E-state index is 0.0540. The number of benzene rings is 1. The van der Waals surface area contributed by atoms with Crippen LogP contribution in [0.1, 0.15) is 23.7 Å². The van der Waals surface area contributed by atoms with E-state index in [4.69, 9.17) is 8.92 Å². The summed E-state index contributed by atoms with van der Waals surface area (Å²) >= 11 is 0. The van der Waals surface area contributed by atoms with Crippen LogP contribution in [-0.2, 0) is 25.5 Å². The van der Waals surface area contributed by atoms with Crippen molar-refractivity contribution in [2.24, 2.45) is 0 Å². The quantitative estimate of drug-likeness (QED) is 0.769. The summed E-state index contributed by atoms with van der Waals surface area (Å²) in [6.07, 6.45) is 2.48. The fourth-order valence-corrected chi connectivity index (χ4v) is 2.42. The zero-order chi connectivity index (χ0) is 12.3. The van der Waals surface area contributed by atoms with Gasteiger partial charge >= 0.3 is 0 Å². The van der Waals surface area contributed by atoms with Gasteiger partial charge in [0.2, 0.25) is 0 Å². The lowest BCUT2D eigenvalue weighted by Crippen LogP contribution is -2.18. The molecule has 0 saturated heterocycles. The second-order valence-electron chi connectivity index (χ2n) is 4.12. The average Bonchev–Trinajstić information content (AvgIpc) is 2.28. The second kappa shape index (κ2) is 5.16. The van der Waals surface area contributed by atoms with Gasteiger partial charge < -0.3 is 4.74 Å². The lowest BCUT2D eigenvalue weighted by Gasteiger charge is -2.25. The van der Waals surface area contributed by atoms with Gasteiger partial charge in [-0.1, -0.05) is 24.3 Å². The van der Waals surface area contributed by atoms with Crippen LogP contribution >= 0.6 is 0 Å². The van der Waals surface area contributed by atoms with Crippen LogP contribution in [0.15, 0.2) is 24.3 Å². The van der Waals surface area contributed by atoms with E-state index in [-0.39, 0.29) is 12.7 Å². The highest BCUT2D eigenvalue weighted by Gasteiger charge is 2.20. The molecule has 1 heterocycles. The fourth-order valence-electron chi connectivity index (χ4n) is 2.02. The van der Waals surface area contributed by atoms with Crippen LogP contribution < -0.4 is 0 Å². The molecule has 0 bridgehead atoms. The average molecular weight is 256 g/mol. The Morgan fingerprint density at radius 2 is 2.18 bits per heavy atom. The minimum Gasteiger partial charge on any atom is -0.373 e. The fraction of sp³-hybridized carbons (Fsp3) is 0.500. The zero-order valence-electron chi connectivity index (χ0n) is 9.76. The van der Waals surface area contributed by atoms with Crippen LogP contribution in [0.3, 0.4) is 0 Å². The Kier molecular flexibility index (Phi) is 3.81. The molecule has 0 radical (unpaired) electrons. The predicted octanol–water partition coefficient (Wildman–Crippen LogP) is 1.67. The standard InChI is InChI=1S/C12H16O4S/c1-17(13,14)16-9-7-12-11-5-3-2-4-10(11)6-8-15-12/h2-5,12H,6-9H2,1H3. The van der Waals surface area contributed by atoms with Crippen LogP contribution in [-0.4, -0.2) is 27.9 Å². The molecule has 17 heavy (non-hydrogen) atoms. The summed E-state index contributed by atoms with van der Waals surface area (Å²) in [5, 5.41) is 0. The van der Waals surface area contributed by atoms with Crippen molar-refractivity contribution in [1.82, 2.24) is 0 Å². The lowest BCUT2D eigenvalue weighted by molar-refractivity contribution is 0.0283. The third-order valence-electron chi connectivity index (χ3n) is 2.77. The Hall–Kier alpha value is -0.910. The SMILES string of the molecule is CS(=O)(=O)OCCC1OCCc2ccccc21. The first-order chi connectivity index (χ1) is 8.06. The predicted molar refractivity (Wildman–Crippen MR) is 64.3 cm³/mol. The Bertz CT molecular complexity index is 481. The topological polar surface area (TPSA) is 52.6 Å². The van der Waals surface area contributed by atoms with Crippen LogP contribution in [0.2, 0.25) is 0 Å². The molecule has 1 aromatic carbocycles. The number of hydrogen-bond donors (Lipinski definition) is 0. The number of fused-ring (bicyclic) bond motifs is 1. The van der Waals surface area contributed by atoms with Gasteiger partial charge in [0.1, 0.15) is 0 Å². The van der Waals surface area contributed by atoms with Gasteiger partial charge in [-0.25, -0.2) is 0 Å². The summed E-state index contributed by atoms with van der Waals surface area (Å²) < 4.78 is 32.1. The molecule has 0 N–H and O–H groups in total. The zero-order valence-corrected chi connectivity index (χ0v) is 10.6. The van der Waals surface area contributed by atoms with Crippen LogP contribution in [0.5, 0.6) is 0 Å². The molecule has 0 aliphatic carbocycles. The van der Waals surface area contributed by atoms with Gasteiger partial charge in [0.25, 0.3) is 10.1 Å². The van der Waals surface area contributed by atoms with Crippen molar-refractivity contribution in [1.29, 1.82) is 0 Å². The molecular formula is C12H16O4S. The molecule has 1 atom stereocenters. The van der Waals surface area contributed by atoms with Gasteiger partial charge in [0, 0.05) is 6.42 Å². The smallest absolute Gasteiger partial charge is 0.264 e. The molecule has 2 rings (SSSR count). The van der Waals surface area contributed by atoms with E-state index in [0.717, 1.165) is 18.2 Å². The highest BCUT2D eigenvalue weighted by atomic mass is 32.2. The molecule has 1 aromatic rings. The molecule has 0 amide bonds. The molecule has 1 aliphatic heterocycles. The largest absolute Gasteiger partial charge is 0.373 e. The van der Waals surface area contributed by atoms with Gasteiger partial charge in [0.05, 0.1) is 25.6 Å². The number of hydrogen-bond acceptors (Lipinski definition) is 4. The van der Waals surface area contributed by atoms with Crippen LogP contribution in [0.4, 0.5) is 0 Å². The molecule has 0 spiro atoms. The van der Waals surface area contributed by atoms with E-state index >= 15 is 0 Å². The normalized spacial score (nSPS) is 19.9. The lowest BCUT2D eigenvalue weighted by atomic mass is 9.96. The number of rotatable bonds is 4. The molecule has 0 saturated carbocycles. The minimum atomic E-state index is -3.36. The molecule has 4 nitrogen and oxygen atoms in total. The summed E-state index contributed by atoms with van der Waals surface area (Å²) in [5.41, 5.74) is 2.43. The summed E-state index contributed by atoms with van der Waals surface area (Å²) in [6.45, 7) is 0.846. The van der Waals surface area contributed by atoms with Gasteiger partial charge in [-0.3, -0.25) is 4.18 Å². The second-order valence-corrected chi connectivity index (χ2v) is 5.77. The van der Waals surface area contributed by atoms with Crippen molar-refractivity contribution >= 4 is 10.1 Å². The van der Waals surface area contributed by atoms with Crippen molar-refractivity contribution in [3.8, 4) is 0 Å². The maximum absolute atomic E-state index is 10.9. The van der Waals surface area contributed by atoms with Crippen molar-refractivity contribution in [3.05, 3.63) is 35.4 Å². The van der Waals surface area contributed by atoms with Gasteiger partial charge in [-0.2, -0.15) is 8.42 Å². The van der Waals surface area contributed by atoms with E-state index < -0.39 is 10.1 Å². The first-order valence-electron chi connectivity index (χ1n) is 5.60. The summed E-state index contributed by atoms with van der Waals surface area (Å²) in [6, 6.07) is 8.09. The first-order valence-corrected chi connectivity index (χ1v) is 7.42.